The molecule has 1 aliphatic rings. The van der Waals surface area contributed by atoms with Gasteiger partial charge in [0.1, 0.15) is 4.99 Å². The molecule has 1 aliphatic carbocycles. The highest BCUT2D eigenvalue weighted by atomic mass is 32.2. The Bertz CT molecular complexity index is 504. The Morgan fingerprint density at radius 1 is 1.40 bits per heavy atom. The number of thioether (sulfide) groups is 1. The Morgan fingerprint density at radius 2 is 2.15 bits per heavy atom. The zero-order valence-electron chi connectivity index (χ0n) is 12.3. The minimum Gasteiger partial charge on any atom is -0.389 e. The Kier molecular flexibility index (Phi) is 5.21. The van der Waals surface area contributed by atoms with Crippen molar-refractivity contribution in [2.45, 2.75) is 51.3 Å². The molecule has 0 spiro atoms. The van der Waals surface area contributed by atoms with Crippen LogP contribution in [0.2, 0.25) is 0 Å². The molecule has 0 bridgehead atoms. The summed E-state index contributed by atoms with van der Waals surface area (Å²) in [5, 5.41) is 12.7. The molecule has 2 unspecified atom stereocenters. The summed E-state index contributed by atoms with van der Waals surface area (Å²) in [7, 11) is 0. The summed E-state index contributed by atoms with van der Waals surface area (Å²) in [5.41, 5.74) is 8.60. The maximum atomic E-state index is 5.85. The highest BCUT2D eigenvalue weighted by Crippen LogP contribution is 2.32. The van der Waals surface area contributed by atoms with Gasteiger partial charge in [-0.05, 0) is 44.4 Å². The number of nitrogens with two attached hydrogens (primary N) is 1. The number of anilines is 1. The topological polar surface area (TPSA) is 63.8 Å². The summed E-state index contributed by atoms with van der Waals surface area (Å²) in [6, 6.07) is 0.448. The predicted octanol–water partition coefficient (Wildman–Crippen LogP) is 2.81. The predicted molar refractivity (Wildman–Crippen MR) is 90.6 cm³/mol. The fourth-order valence-electron chi connectivity index (χ4n) is 2.66. The van der Waals surface area contributed by atoms with Crippen LogP contribution in [-0.4, -0.2) is 32.2 Å². The molecule has 2 atom stereocenters. The quantitative estimate of drug-likeness (QED) is 0.815. The summed E-state index contributed by atoms with van der Waals surface area (Å²) in [5.74, 6) is 1.92. The van der Waals surface area contributed by atoms with Gasteiger partial charge >= 0.3 is 0 Å². The monoisotopic (exact) mass is 310 g/mol. The van der Waals surface area contributed by atoms with Crippen molar-refractivity contribution in [3.8, 4) is 0 Å². The Morgan fingerprint density at radius 3 is 2.80 bits per heavy atom. The summed E-state index contributed by atoms with van der Waals surface area (Å²) in [6.07, 6.45) is 3.60. The average Bonchev–Trinajstić information content (AvgIpc) is 2.81. The Balaban J connectivity index is 2.14. The van der Waals surface area contributed by atoms with Crippen molar-refractivity contribution in [3.63, 3.8) is 0 Å². The van der Waals surface area contributed by atoms with E-state index >= 15 is 0 Å². The van der Waals surface area contributed by atoms with Crippen molar-refractivity contribution >= 4 is 34.8 Å². The van der Waals surface area contributed by atoms with Gasteiger partial charge < -0.3 is 11.1 Å². The zero-order valence-corrected chi connectivity index (χ0v) is 13.9. The number of hydrogen-bond acceptors (Lipinski definition) is 5. The van der Waals surface area contributed by atoms with E-state index in [1.54, 1.807) is 0 Å². The van der Waals surface area contributed by atoms with Crippen molar-refractivity contribution < 1.29 is 0 Å². The van der Waals surface area contributed by atoms with E-state index in [1.807, 2.05) is 25.6 Å². The third-order valence-corrected chi connectivity index (χ3v) is 5.27. The van der Waals surface area contributed by atoms with Crippen LogP contribution >= 0.6 is 24.0 Å². The number of nitrogens with zero attached hydrogens (tertiary/aromatic N) is 2. The molecular weight excluding hydrogens is 288 g/mol. The summed E-state index contributed by atoms with van der Waals surface area (Å²) >= 11 is 7.21. The van der Waals surface area contributed by atoms with E-state index in [-0.39, 0.29) is 0 Å². The first-order valence-corrected chi connectivity index (χ1v) is 8.50. The molecule has 3 N–H and O–H groups in total. The van der Waals surface area contributed by atoms with E-state index in [1.165, 1.54) is 25.0 Å². The first kappa shape index (κ1) is 15.5. The summed E-state index contributed by atoms with van der Waals surface area (Å²) < 4.78 is 0. The molecule has 1 heterocycles. The van der Waals surface area contributed by atoms with E-state index in [0.717, 1.165) is 27.9 Å². The van der Waals surface area contributed by atoms with Crippen molar-refractivity contribution in [3.05, 3.63) is 16.8 Å². The van der Waals surface area contributed by atoms with E-state index < -0.39 is 0 Å². The molecule has 4 nitrogen and oxygen atoms in total. The minimum absolute atomic E-state index is 0.389. The second-order valence-corrected chi connectivity index (χ2v) is 7.25. The fraction of sp³-hybridized carbons (Fsp3) is 0.643. The molecule has 110 valence electrons. The first-order valence-electron chi connectivity index (χ1n) is 7.04. The average molecular weight is 310 g/mol. The van der Waals surface area contributed by atoms with Gasteiger partial charge in [0.2, 0.25) is 0 Å². The lowest BCUT2D eigenvalue weighted by molar-refractivity contribution is 0.745. The molecule has 1 aromatic heterocycles. The fourth-order valence-corrected chi connectivity index (χ4v) is 4.05. The van der Waals surface area contributed by atoms with Crippen LogP contribution in [0, 0.1) is 13.8 Å². The van der Waals surface area contributed by atoms with Crippen LogP contribution in [0.25, 0.3) is 0 Å². The van der Waals surface area contributed by atoms with Crippen LogP contribution < -0.4 is 11.1 Å². The van der Waals surface area contributed by atoms with Gasteiger partial charge in [0, 0.05) is 11.3 Å². The second-order valence-electron chi connectivity index (χ2n) is 5.23. The lowest BCUT2D eigenvalue weighted by atomic mass is 10.1. The molecule has 1 aromatic rings. The number of hydrogen-bond donors (Lipinski definition) is 2. The van der Waals surface area contributed by atoms with Crippen molar-refractivity contribution in [1.82, 2.24) is 10.2 Å². The molecule has 0 aliphatic heterocycles. The van der Waals surface area contributed by atoms with Crippen LogP contribution in [0.3, 0.4) is 0 Å². The standard InChI is InChI=1S/C14H22N4S2/c1-4-20-11-6-5-10(7-11)16-14-12(13(15)19)8(2)9(3)17-18-14/h10-11H,4-7H2,1-3H3,(H2,15,19)(H,16,18). The van der Waals surface area contributed by atoms with Gasteiger partial charge in [-0.25, -0.2) is 0 Å². The molecule has 2 rings (SSSR count). The third kappa shape index (κ3) is 3.41. The van der Waals surface area contributed by atoms with Crippen LogP contribution in [0.4, 0.5) is 5.82 Å². The van der Waals surface area contributed by atoms with Crippen molar-refractivity contribution in [2.75, 3.05) is 11.1 Å². The molecule has 0 radical (unpaired) electrons. The Hall–Kier alpha value is -0.880. The number of aromatic nitrogens is 2. The van der Waals surface area contributed by atoms with Gasteiger partial charge in [-0.2, -0.15) is 16.9 Å². The molecule has 0 amide bonds. The SMILES string of the molecule is CCSC1CCC(Nc2nnc(C)c(C)c2C(N)=S)C1. The highest BCUT2D eigenvalue weighted by Gasteiger charge is 2.26. The maximum Gasteiger partial charge on any atom is 0.159 e. The van der Waals surface area contributed by atoms with Crippen LogP contribution in [0.1, 0.15) is 43.0 Å². The number of rotatable bonds is 5. The molecule has 0 saturated heterocycles. The van der Waals surface area contributed by atoms with E-state index in [9.17, 15) is 0 Å². The largest absolute Gasteiger partial charge is 0.389 e. The lowest BCUT2D eigenvalue weighted by Gasteiger charge is -2.17. The van der Waals surface area contributed by atoms with Crippen molar-refractivity contribution in [1.29, 1.82) is 0 Å². The zero-order chi connectivity index (χ0) is 14.7. The smallest absolute Gasteiger partial charge is 0.159 e. The normalized spacial score (nSPS) is 21.9. The summed E-state index contributed by atoms with van der Waals surface area (Å²) in [4.78, 5) is 0.389. The summed E-state index contributed by atoms with van der Waals surface area (Å²) in [6.45, 7) is 6.14. The lowest BCUT2D eigenvalue weighted by Crippen LogP contribution is -2.23. The number of thiocarbonyl (C=S) groups is 1. The first-order chi connectivity index (χ1) is 9.52. The third-order valence-electron chi connectivity index (χ3n) is 3.83. The Labute approximate surface area is 130 Å². The molecule has 0 aromatic carbocycles. The maximum absolute atomic E-state index is 5.85. The van der Waals surface area contributed by atoms with Gasteiger partial charge in [-0.3, -0.25) is 0 Å². The van der Waals surface area contributed by atoms with Gasteiger partial charge in [0.15, 0.2) is 5.82 Å². The number of aryl methyl sites for hydroxylation is 1. The van der Waals surface area contributed by atoms with Gasteiger partial charge in [-0.1, -0.05) is 19.1 Å². The number of nitrogens with one attached hydrogen (secondary N) is 1. The van der Waals surface area contributed by atoms with Crippen LogP contribution in [-0.2, 0) is 0 Å². The highest BCUT2D eigenvalue weighted by molar-refractivity contribution is 7.99. The molecule has 1 fully saturated rings. The molecule has 6 heteroatoms. The van der Waals surface area contributed by atoms with E-state index in [0.29, 0.717) is 11.0 Å². The second kappa shape index (κ2) is 6.72. The molecule has 20 heavy (non-hydrogen) atoms. The van der Waals surface area contributed by atoms with Crippen LogP contribution in [0.15, 0.2) is 0 Å². The van der Waals surface area contributed by atoms with Gasteiger partial charge in [0.25, 0.3) is 0 Å². The minimum atomic E-state index is 0.389. The van der Waals surface area contributed by atoms with Crippen LogP contribution in [0.5, 0.6) is 0 Å². The van der Waals surface area contributed by atoms with Gasteiger partial charge in [0.05, 0.1) is 11.3 Å². The van der Waals surface area contributed by atoms with E-state index in [4.69, 9.17) is 18.0 Å². The van der Waals surface area contributed by atoms with Gasteiger partial charge in [-0.15, -0.1) is 5.10 Å². The van der Waals surface area contributed by atoms with E-state index in [2.05, 4.69) is 22.4 Å². The van der Waals surface area contributed by atoms with Crippen molar-refractivity contribution in [2.24, 2.45) is 5.73 Å². The molecule has 1 saturated carbocycles. The molecular formula is C14H22N4S2.